The Morgan fingerprint density at radius 2 is 2.35 bits per heavy atom. The number of likely N-dealkylation sites (tertiary alicyclic amines) is 1. The fraction of sp³-hybridized carbons (Fsp3) is 0.500. The third-order valence-electron chi connectivity index (χ3n) is 3.75. The molecule has 110 valence electrons. The lowest BCUT2D eigenvalue weighted by Gasteiger charge is -2.33. The second-order valence-electron chi connectivity index (χ2n) is 5.19. The van der Waals surface area contributed by atoms with Crippen molar-refractivity contribution in [1.82, 2.24) is 4.90 Å². The van der Waals surface area contributed by atoms with Crippen LogP contribution in [0.1, 0.15) is 19.8 Å². The number of aliphatic hydroxyl groups is 1. The number of amides is 2. The second-order valence-corrected chi connectivity index (χ2v) is 6.04. The Labute approximate surface area is 127 Å². The minimum atomic E-state index is -0.469. The molecule has 1 saturated heterocycles. The van der Waals surface area contributed by atoms with Crippen LogP contribution in [0.4, 0.5) is 10.5 Å². The Morgan fingerprint density at radius 3 is 2.95 bits per heavy atom. The first-order chi connectivity index (χ1) is 9.50. The molecule has 20 heavy (non-hydrogen) atoms. The molecular weight excluding hydrogens is 324 g/mol. The number of nitrogens with zero attached hydrogens (tertiary/aromatic N) is 1. The maximum atomic E-state index is 12.3. The van der Waals surface area contributed by atoms with Crippen LogP contribution in [-0.4, -0.2) is 41.8 Å². The summed E-state index contributed by atoms with van der Waals surface area (Å²) >= 11 is 3.41. The molecule has 1 atom stereocenters. The molecule has 2 N–H and O–H groups in total. The van der Waals surface area contributed by atoms with Crippen LogP contribution >= 0.6 is 15.9 Å². The van der Waals surface area contributed by atoms with Gasteiger partial charge in [0.1, 0.15) is 5.75 Å². The lowest BCUT2D eigenvalue weighted by Crippen LogP contribution is -2.49. The molecule has 0 aromatic heterocycles. The highest BCUT2D eigenvalue weighted by Crippen LogP contribution is 2.31. The molecule has 0 spiro atoms. The van der Waals surface area contributed by atoms with E-state index in [9.17, 15) is 9.90 Å². The molecule has 1 fully saturated rings. The first-order valence-electron chi connectivity index (χ1n) is 6.53. The number of aliphatic hydroxyl groups excluding tert-OH is 1. The van der Waals surface area contributed by atoms with Gasteiger partial charge in [-0.2, -0.15) is 0 Å². The number of anilines is 1. The van der Waals surface area contributed by atoms with E-state index in [1.807, 2.05) is 6.92 Å². The van der Waals surface area contributed by atoms with Gasteiger partial charge in [0.15, 0.2) is 0 Å². The topological polar surface area (TPSA) is 61.8 Å². The van der Waals surface area contributed by atoms with E-state index < -0.39 is 5.54 Å². The van der Waals surface area contributed by atoms with Gasteiger partial charge in [0, 0.05) is 11.0 Å². The van der Waals surface area contributed by atoms with Gasteiger partial charge >= 0.3 is 6.03 Å². The largest absolute Gasteiger partial charge is 0.497 e. The Morgan fingerprint density at radius 1 is 1.60 bits per heavy atom. The van der Waals surface area contributed by atoms with E-state index in [2.05, 4.69) is 21.2 Å². The lowest BCUT2D eigenvalue weighted by atomic mass is 10.0. The third-order valence-corrected chi connectivity index (χ3v) is 4.41. The van der Waals surface area contributed by atoms with Crippen molar-refractivity contribution in [2.45, 2.75) is 25.3 Å². The average Bonchev–Trinajstić information content (AvgIpc) is 2.83. The summed E-state index contributed by atoms with van der Waals surface area (Å²) in [6.07, 6.45) is 1.73. The highest BCUT2D eigenvalue weighted by molar-refractivity contribution is 9.10. The summed E-state index contributed by atoms with van der Waals surface area (Å²) in [4.78, 5) is 14.0. The molecule has 0 radical (unpaired) electrons. The summed E-state index contributed by atoms with van der Waals surface area (Å²) in [7, 11) is 1.59. The highest BCUT2D eigenvalue weighted by atomic mass is 79.9. The molecule has 0 unspecified atom stereocenters. The molecule has 0 saturated carbocycles. The Bertz CT molecular complexity index is 509. The standard InChI is InChI=1S/C14H19BrN2O3/c1-14(9-18)6-3-7-17(14)13(19)16-12-5-4-10(20-2)8-11(12)15/h4-5,8,18H,3,6-7,9H2,1-2H3,(H,16,19)/t14-/m1/s1. The van der Waals surface area contributed by atoms with Crippen LogP contribution in [0, 0.1) is 0 Å². The number of hydrogen-bond donors (Lipinski definition) is 2. The third kappa shape index (κ3) is 2.91. The summed E-state index contributed by atoms with van der Waals surface area (Å²) in [5, 5.41) is 12.4. The molecule has 0 aliphatic carbocycles. The maximum Gasteiger partial charge on any atom is 0.322 e. The number of benzene rings is 1. The van der Waals surface area contributed by atoms with Crippen LogP contribution < -0.4 is 10.1 Å². The second kappa shape index (κ2) is 6.01. The zero-order valence-electron chi connectivity index (χ0n) is 11.6. The number of halogens is 1. The summed E-state index contributed by atoms with van der Waals surface area (Å²) < 4.78 is 5.88. The van der Waals surface area contributed by atoms with Gasteiger partial charge in [-0.15, -0.1) is 0 Å². The van der Waals surface area contributed by atoms with E-state index >= 15 is 0 Å². The first kappa shape index (κ1) is 15.1. The van der Waals surface area contributed by atoms with Crippen molar-refractivity contribution >= 4 is 27.6 Å². The van der Waals surface area contributed by atoms with Crippen molar-refractivity contribution in [3.8, 4) is 5.75 Å². The van der Waals surface area contributed by atoms with Crippen molar-refractivity contribution in [1.29, 1.82) is 0 Å². The van der Waals surface area contributed by atoms with Crippen LogP contribution in [0.2, 0.25) is 0 Å². The number of methoxy groups -OCH3 is 1. The molecule has 0 bridgehead atoms. The smallest absolute Gasteiger partial charge is 0.322 e. The molecular formula is C14H19BrN2O3. The van der Waals surface area contributed by atoms with Gasteiger partial charge in [0.25, 0.3) is 0 Å². The van der Waals surface area contributed by atoms with Gasteiger partial charge in [-0.25, -0.2) is 4.79 Å². The van der Waals surface area contributed by atoms with Crippen LogP contribution in [0.3, 0.4) is 0 Å². The molecule has 5 nitrogen and oxygen atoms in total. The normalized spacial score (nSPS) is 21.9. The van der Waals surface area contributed by atoms with E-state index in [-0.39, 0.29) is 12.6 Å². The van der Waals surface area contributed by atoms with E-state index in [0.29, 0.717) is 12.2 Å². The molecule has 6 heteroatoms. The van der Waals surface area contributed by atoms with Crippen LogP contribution in [0.15, 0.2) is 22.7 Å². The quantitative estimate of drug-likeness (QED) is 0.887. The number of ether oxygens (including phenoxy) is 1. The van der Waals surface area contributed by atoms with Crippen LogP contribution in [-0.2, 0) is 0 Å². The van der Waals surface area contributed by atoms with Crippen LogP contribution in [0.25, 0.3) is 0 Å². The summed E-state index contributed by atoms with van der Waals surface area (Å²) in [6, 6.07) is 5.18. The average molecular weight is 343 g/mol. The Hall–Kier alpha value is -1.27. The Kier molecular flexibility index (Phi) is 4.55. The number of carbonyl (C=O) groups is 1. The van der Waals surface area contributed by atoms with Gasteiger partial charge in [-0.1, -0.05) is 0 Å². The van der Waals surface area contributed by atoms with Gasteiger partial charge in [-0.05, 0) is 53.9 Å². The van der Waals surface area contributed by atoms with Gasteiger partial charge in [0.2, 0.25) is 0 Å². The summed E-state index contributed by atoms with van der Waals surface area (Å²) in [6.45, 7) is 2.55. The number of carbonyl (C=O) groups excluding carboxylic acids is 1. The van der Waals surface area contributed by atoms with Gasteiger partial charge in [-0.3, -0.25) is 0 Å². The first-order valence-corrected chi connectivity index (χ1v) is 7.32. The monoisotopic (exact) mass is 342 g/mol. The van der Waals surface area contributed by atoms with Crippen LogP contribution in [0.5, 0.6) is 5.75 Å². The number of hydrogen-bond acceptors (Lipinski definition) is 3. The van der Waals surface area contributed by atoms with Crippen molar-refractivity contribution in [3.05, 3.63) is 22.7 Å². The summed E-state index contributed by atoms with van der Waals surface area (Å²) in [5.41, 5.74) is 0.214. The van der Waals surface area contributed by atoms with Gasteiger partial charge in [0.05, 0.1) is 24.9 Å². The van der Waals surface area contributed by atoms with E-state index in [1.165, 1.54) is 0 Å². The molecule has 1 heterocycles. The lowest BCUT2D eigenvalue weighted by molar-refractivity contribution is 0.104. The Balaban J connectivity index is 2.12. The molecule has 1 aromatic rings. The molecule has 1 aliphatic rings. The molecule has 2 amide bonds. The molecule has 2 rings (SSSR count). The van der Waals surface area contributed by atoms with Crippen molar-refractivity contribution in [2.24, 2.45) is 0 Å². The number of urea groups is 1. The minimum absolute atomic E-state index is 0.0236. The predicted molar refractivity (Wildman–Crippen MR) is 81.1 cm³/mol. The predicted octanol–water partition coefficient (Wildman–Crippen LogP) is 2.84. The van der Waals surface area contributed by atoms with Gasteiger partial charge < -0.3 is 20.1 Å². The number of rotatable bonds is 3. The SMILES string of the molecule is COc1ccc(NC(=O)N2CCC[C@]2(C)CO)c(Br)c1. The molecule has 1 aromatic carbocycles. The fourth-order valence-corrected chi connectivity index (χ4v) is 2.90. The highest BCUT2D eigenvalue weighted by Gasteiger charge is 2.39. The van der Waals surface area contributed by atoms with E-state index in [0.717, 1.165) is 23.1 Å². The number of nitrogens with one attached hydrogen (secondary N) is 1. The maximum absolute atomic E-state index is 12.3. The molecule has 1 aliphatic heterocycles. The van der Waals surface area contributed by atoms with Crippen molar-refractivity contribution in [3.63, 3.8) is 0 Å². The van der Waals surface area contributed by atoms with E-state index in [4.69, 9.17) is 4.74 Å². The fourth-order valence-electron chi connectivity index (χ4n) is 2.44. The van der Waals surface area contributed by atoms with Crippen molar-refractivity contribution < 1.29 is 14.6 Å². The minimum Gasteiger partial charge on any atom is -0.497 e. The van der Waals surface area contributed by atoms with Crippen molar-refractivity contribution in [2.75, 3.05) is 25.6 Å². The zero-order chi connectivity index (χ0) is 14.8. The zero-order valence-corrected chi connectivity index (χ0v) is 13.2. The summed E-state index contributed by atoms with van der Waals surface area (Å²) in [5.74, 6) is 0.719. The van der Waals surface area contributed by atoms with E-state index in [1.54, 1.807) is 30.2 Å².